The average Bonchev–Trinajstić information content (AvgIpc) is 3.15. The maximum atomic E-state index is 13.1. The molecule has 3 rings (SSSR count). The molecule has 0 bridgehead atoms. The van der Waals surface area contributed by atoms with Crippen LogP contribution in [0.5, 0.6) is 0 Å². The largest absolute Gasteiger partial charge is 0.465 e. The summed E-state index contributed by atoms with van der Waals surface area (Å²) in [5.41, 5.74) is 1.76. The van der Waals surface area contributed by atoms with E-state index >= 15 is 0 Å². The number of carbonyl (C=O) groups is 2. The van der Waals surface area contributed by atoms with Crippen LogP contribution >= 0.6 is 0 Å². The molecule has 0 spiro atoms. The topological polar surface area (TPSA) is 83.7 Å². The van der Waals surface area contributed by atoms with Crippen LogP contribution in [0.1, 0.15) is 62.6 Å². The van der Waals surface area contributed by atoms with Gasteiger partial charge < -0.3 is 19.8 Å². The van der Waals surface area contributed by atoms with Crippen LogP contribution in [0, 0.1) is 6.92 Å². The first-order valence-electron chi connectivity index (χ1n) is 11.2. The van der Waals surface area contributed by atoms with Gasteiger partial charge in [-0.25, -0.2) is 4.79 Å². The molecule has 1 amide bonds. The minimum absolute atomic E-state index is 0.182. The Labute approximate surface area is 196 Å². The van der Waals surface area contributed by atoms with Crippen molar-refractivity contribution in [2.75, 3.05) is 40.0 Å². The molecule has 0 saturated carbocycles. The zero-order valence-corrected chi connectivity index (χ0v) is 19.6. The van der Waals surface area contributed by atoms with Gasteiger partial charge in [-0.3, -0.25) is 9.69 Å². The molecular formula is C24H30F3N3O4. The number of nitrogens with one attached hydrogen (secondary N) is 2. The molecule has 1 fully saturated rings. The number of nitrogens with zero attached hydrogens (tertiary/aromatic N) is 1. The van der Waals surface area contributed by atoms with Gasteiger partial charge in [0.05, 0.1) is 37.5 Å². The van der Waals surface area contributed by atoms with E-state index in [2.05, 4.69) is 15.2 Å². The minimum Gasteiger partial charge on any atom is -0.465 e. The van der Waals surface area contributed by atoms with Gasteiger partial charge in [-0.15, -0.1) is 0 Å². The Morgan fingerprint density at radius 3 is 2.41 bits per heavy atom. The Kier molecular flexibility index (Phi) is 8.37. The molecule has 1 unspecified atom stereocenters. The molecule has 1 atom stereocenters. The minimum atomic E-state index is -4.42. The lowest BCUT2D eigenvalue weighted by Crippen LogP contribution is -2.44. The van der Waals surface area contributed by atoms with E-state index in [-0.39, 0.29) is 18.5 Å². The summed E-state index contributed by atoms with van der Waals surface area (Å²) in [6.07, 6.45) is -3.17. The summed E-state index contributed by atoms with van der Waals surface area (Å²) in [6, 6.07) is 4.68. The van der Waals surface area contributed by atoms with E-state index in [0.717, 1.165) is 18.6 Å². The summed E-state index contributed by atoms with van der Waals surface area (Å²) in [5.74, 6) is -0.890. The number of alkyl halides is 3. The van der Waals surface area contributed by atoms with E-state index in [1.807, 2.05) is 6.92 Å². The number of carbonyl (C=O) groups excluding carboxylic acids is 2. The summed E-state index contributed by atoms with van der Waals surface area (Å²) >= 11 is 0. The molecule has 34 heavy (non-hydrogen) atoms. The molecule has 10 heteroatoms. The van der Waals surface area contributed by atoms with Crippen molar-refractivity contribution in [1.82, 2.24) is 15.2 Å². The molecule has 186 valence electrons. The third-order valence-electron chi connectivity index (χ3n) is 5.97. The van der Waals surface area contributed by atoms with Crippen LogP contribution in [0.2, 0.25) is 0 Å². The van der Waals surface area contributed by atoms with Gasteiger partial charge >= 0.3 is 12.1 Å². The Bertz CT molecular complexity index is 996. The van der Waals surface area contributed by atoms with Crippen LogP contribution in [0.25, 0.3) is 0 Å². The van der Waals surface area contributed by atoms with Gasteiger partial charge in [0, 0.05) is 25.3 Å². The van der Waals surface area contributed by atoms with E-state index in [9.17, 15) is 22.8 Å². The van der Waals surface area contributed by atoms with E-state index < -0.39 is 17.7 Å². The standard InChI is InChI=1S/C24H30F3N3O4/c1-4-5-18-20(23(32)33-3)15(2)29-21(18)22(31)28-14-19(30-10-12-34-13-11-30)16-6-8-17(9-7-16)24(25,26)27/h6-9,19,29H,4-5,10-14H2,1-3H3,(H,28,31). The summed E-state index contributed by atoms with van der Waals surface area (Å²) in [4.78, 5) is 30.5. The second-order valence-electron chi connectivity index (χ2n) is 8.21. The predicted octanol–water partition coefficient (Wildman–Crippen LogP) is 3.88. The van der Waals surface area contributed by atoms with Crippen molar-refractivity contribution in [3.63, 3.8) is 0 Å². The van der Waals surface area contributed by atoms with Crippen LogP contribution < -0.4 is 5.32 Å². The van der Waals surface area contributed by atoms with Crippen molar-refractivity contribution in [2.24, 2.45) is 0 Å². The van der Waals surface area contributed by atoms with Crippen molar-refractivity contribution in [1.29, 1.82) is 0 Å². The number of H-pyrrole nitrogens is 1. The smallest absolute Gasteiger partial charge is 0.416 e. The molecule has 2 N–H and O–H groups in total. The number of ether oxygens (including phenoxy) is 2. The quantitative estimate of drug-likeness (QED) is 0.559. The van der Waals surface area contributed by atoms with E-state index in [1.165, 1.54) is 19.2 Å². The highest BCUT2D eigenvalue weighted by Crippen LogP contribution is 2.31. The molecule has 7 nitrogen and oxygen atoms in total. The van der Waals surface area contributed by atoms with Gasteiger partial charge in [-0.2, -0.15) is 13.2 Å². The molecule has 0 aliphatic carbocycles. The summed E-state index contributed by atoms with van der Waals surface area (Å²) in [5, 5.41) is 2.91. The first-order chi connectivity index (χ1) is 16.2. The van der Waals surface area contributed by atoms with Gasteiger partial charge in [0.2, 0.25) is 0 Å². The molecule has 2 heterocycles. The zero-order chi connectivity index (χ0) is 24.9. The predicted molar refractivity (Wildman–Crippen MR) is 120 cm³/mol. The molecule has 1 aromatic carbocycles. The normalized spacial score (nSPS) is 15.7. The summed E-state index contributed by atoms with van der Waals surface area (Å²) in [6.45, 7) is 6.04. The number of hydrogen-bond donors (Lipinski definition) is 2. The van der Waals surface area contributed by atoms with Gasteiger partial charge in [0.1, 0.15) is 5.69 Å². The van der Waals surface area contributed by atoms with Gasteiger partial charge in [0.25, 0.3) is 5.91 Å². The fourth-order valence-electron chi connectivity index (χ4n) is 4.27. The highest BCUT2D eigenvalue weighted by atomic mass is 19.4. The lowest BCUT2D eigenvalue weighted by Gasteiger charge is -2.35. The van der Waals surface area contributed by atoms with Crippen LogP contribution in [-0.4, -0.2) is 61.7 Å². The molecule has 1 aliphatic heterocycles. The number of aromatic amines is 1. The number of morpholine rings is 1. The SMILES string of the molecule is CCCc1c(C(=O)NCC(c2ccc(C(F)(F)F)cc2)N2CCOCC2)[nH]c(C)c1C(=O)OC. The van der Waals surface area contributed by atoms with E-state index in [1.54, 1.807) is 6.92 Å². The van der Waals surface area contributed by atoms with Crippen LogP contribution in [0.3, 0.4) is 0 Å². The highest BCUT2D eigenvalue weighted by molar-refractivity contribution is 6.00. The molecule has 1 aromatic heterocycles. The number of amides is 1. The first-order valence-corrected chi connectivity index (χ1v) is 11.2. The molecule has 2 aromatic rings. The molecular weight excluding hydrogens is 451 g/mol. The van der Waals surface area contributed by atoms with Crippen molar-refractivity contribution in [2.45, 2.75) is 38.9 Å². The number of hydrogen-bond acceptors (Lipinski definition) is 5. The van der Waals surface area contributed by atoms with Crippen LogP contribution in [0.15, 0.2) is 24.3 Å². The maximum Gasteiger partial charge on any atom is 0.416 e. The number of rotatable bonds is 8. The van der Waals surface area contributed by atoms with Crippen molar-refractivity contribution < 1.29 is 32.2 Å². The summed E-state index contributed by atoms with van der Waals surface area (Å²) < 4.78 is 49.3. The lowest BCUT2D eigenvalue weighted by molar-refractivity contribution is -0.137. The van der Waals surface area contributed by atoms with E-state index in [0.29, 0.717) is 60.8 Å². The second kappa shape index (κ2) is 11.1. The number of esters is 1. The van der Waals surface area contributed by atoms with Gasteiger partial charge in [-0.05, 0) is 36.6 Å². The number of halogens is 3. The Morgan fingerprint density at radius 2 is 1.85 bits per heavy atom. The highest BCUT2D eigenvalue weighted by Gasteiger charge is 2.31. The second-order valence-corrected chi connectivity index (χ2v) is 8.21. The number of benzene rings is 1. The van der Waals surface area contributed by atoms with Crippen LogP contribution in [0.4, 0.5) is 13.2 Å². The number of aryl methyl sites for hydroxylation is 1. The van der Waals surface area contributed by atoms with Gasteiger partial charge in [0.15, 0.2) is 0 Å². The monoisotopic (exact) mass is 481 g/mol. The number of aromatic nitrogens is 1. The van der Waals surface area contributed by atoms with Crippen molar-refractivity contribution >= 4 is 11.9 Å². The average molecular weight is 482 g/mol. The van der Waals surface area contributed by atoms with Crippen molar-refractivity contribution in [3.05, 3.63) is 57.9 Å². The third kappa shape index (κ3) is 5.79. The Hall–Kier alpha value is -2.85. The molecule has 1 aliphatic rings. The maximum absolute atomic E-state index is 13.1. The fourth-order valence-corrected chi connectivity index (χ4v) is 4.27. The summed E-state index contributed by atoms with van der Waals surface area (Å²) in [7, 11) is 1.29. The third-order valence-corrected chi connectivity index (χ3v) is 5.97. The molecule has 0 radical (unpaired) electrons. The van der Waals surface area contributed by atoms with E-state index in [4.69, 9.17) is 9.47 Å². The van der Waals surface area contributed by atoms with Gasteiger partial charge in [-0.1, -0.05) is 25.5 Å². The molecule has 1 saturated heterocycles. The zero-order valence-electron chi connectivity index (χ0n) is 19.6. The fraction of sp³-hybridized carbons (Fsp3) is 0.500. The first kappa shape index (κ1) is 25.8. The van der Waals surface area contributed by atoms with Crippen molar-refractivity contribution in [3.8, 4) is 0 Å². The Balaban J connectivity index is 1.84. The lowest BCUT2D eigenvalue weighted by atomic mass is 10.0. The Morgan fingerprint density at radius 1 is 1.21 bits per heavy atom. The number of methoxy groups -OCH3 is 1. The van der Waals surface area contributed by atoms with Crippen LogP contribution in [-0.2, 0) is 22.1 Å².